The Morgan fingerprint density at radius 2 is 1.93 bits per heavy atom. The molecule has 0 saturated heterocycles. The third kappa shape index (κ3) is 5.69. The molecule has 0 heterocycles. The van der Waals surface area contributed by atoms with Gasteiger partial charge in [0.15, 0.2) is 0 Å². The van der Waals surface area contributed by atoms with Crippen molar-refractivity contribution in [2.45, 2.75) is 26.4 Å². The van der Waals surface area contributed by atoms with Crippen molar-refractivity contribution in [3.63, 3.8) is 0 Å². The van der Waals surface area contributed by atoms with Gasteiger partial charge in [-0.05, 0) is 0 Å². The summed E-state index contributed by atoms with van der Waals surface area (Å²) in [5.74, 6) is 0. The number of rotatable bonds is 7. The van der Waals surface area contributed by atoms with Gasteiger partial charge in [0.05, 0.1) is 0 Å². The van der Waals surface area contributed by atoms with E-state index < -0.39 is 24.1 Å². The van der Waals surface area contributed by atoms with E-state index in [1.54, 1.807) is 0 Å². The molecule has 1 aromatic carbocycles. The summed E-state index contributed by atoms with van der Waals surface area (Å²) in [7, 11) is 0. The van der Waals surface area contributed by atoms with Crippen molar-refractivity contribution in [3.05, 3.63) is 35.9 Å². The molecule has 3 heteroatoms. The molecule has 0 radical (unpaired) electrons. The van der Waals surface area contributed by atoms with Gasteiger partial charge in [0.1, 0.15) is 0 Å². The summed E-state index contributed by atoms with van der Waals surface area (Å²) >= 11 is -1.01. The Bertz CT molecular complexity index is 226. The molecule has 0 aliphatic carbocycles. The number of benzene rings is 1. The van der Waals surface area contributed by atoms with E-state index in [1.807, 2.05) is 18.2 Å². The van der Waals surface area contributed by atoms with Crippen LogP contribution in [0.1, 0.15) is 25.3 Å². The zero-order chi connectivity index (χ0) is 10.1. The first-order valence-electron chi connectivity index (χ1n) is 4.96. The van der Waals surface area contributed by atoms with Crippen LogP contribution in [0, 0.1) is 0 Å². The van der Waals surface area contributed by atoms with Gasteiger partial charge in [-0.25, -0.2) is 0 Å². The number of hydrogen-bond donors (Lipinski definition) is 0. The van der Waals surface area contributed by atoms with Crippen LogP contribution in [0.25, 0.3) is 0 Å². The van der Waals surface area contributed by atoms with Gasteiger partial charge in [-0.2, -0.15) is 0 Å². The van der Waals surface area contributed by atoms with Crippen LogP contribution < -0.4 is 0 Å². The van der Waals surface area contributed by atoms with Crippen LogP contribution in [0.3, 0.4) is 0 Å². The van der Waals surface area contributed by atoms with E-state index in [1.165, 1.54) is 12.0 Å². The van der Waals surface area contributed by atoms with Crippen LogP contribution in [0.4, 0.5) is 0 Å². The van der Waals surface area contributed by atoms with Crippen molar-refractivity contribution < 1.29 is 29.7 Å². The van der Waals surface area contributed by atoms with E-state index in [9.17, 15) is 0 Å². The maximum atomic E-state index is 5.51. The molecule has 0 aromatic heterocycles. The van der Waals surface area contributed by atoms with Gasteiger partial charge in [-0.15, -0.1) is 0 Å². The van der Waals surface area contributed by atoms with Crippen LogP contribution in [-0.2, 0) is 36.3 Å². The summed E-state index contributed by atoms with van der Waals surface area (Å²) in [6.07, 6.45) is 2.34. The average Bonchev–Trinajstić information content (AvgIpc) is 2.25. The van der Waals surface area contributed by atoms with Crippen LogP contribution in [0.5, 0.6) is 0 Å². The van der Waals surface area contributed by atoms with Crippen LogP contribution >= 0.6 is 0 Å². The Morgan fingerprint density at radius 1 is 1.14 bits per heavy atom. The SMILES string of the molecule is CCCC[O][Zr][O]Cc1ccccc1. The molecule has 0 bridgehead atoms. The van der Waals surface area contributed by atoms with E-state index >= 15 is 0 Å². The summed E-state index contributed by atoms with van der Waals surface area (Å²) in [5.41, 5.74) is 1.23. The Labute approximate surface area is 98.4 Å². The molecule has 0 amide bonds. The minimum atomic E-state index is -1.01. The summed E-state index contributed by atoms with van der Waals surface area (Å²) in [4.78, 5) is 0. The summed E-state index contributed by atoms with van der Waals surface area (Å²) in [5, 5.41) is 0. The predicted molar refractivity (Wildman–Crippen MR) is 52.1 cm³/mol. The fraction of sp³-hybridized carbons (Fsp3) is 0.455. The van der Waals surface area contributed by atoms with Crippen molar-refractivity contribution in [1.29, 1.82) is 0 Å². The van der Waals surface area contributed by atoms with Crippen LogP contribution in [0.15, 0.2) is 30.3 Å². The normalized spacial score (nSPS) is 10.1. The molecule has 1 aromatic rings. The van der Waals surface area contributed by atoms with Gasteiger partial charge in [-0.1, -0.05) is 0 Å². The summed E-state index contributed by atoms with van der Waals surface area (Å²) < 4.78 is 11.0. The second-order valence-corrected chi connectivity index (χ2v) is 4.89. The molecule has 0 unspecified atom stereocenters. The molecule has 0 fully saturated rings. The maximum absolute atomic E-state index is 5.51. The third-order valence-corrected chi connectivity index (χ3v) is 3.24. The quantitative estimate of drug-likeness (QED) is 0.710. The van der Waals surface area contributed by atoms with Crippen LogP contribution in [-0.4, -0.2) is 6.61 Å². The molecule has 0 N–H and O–H groups in total. The molecule has 76 valence electrons. The predicted octanol–water partition coefficient (Wildman–Crippen LogP) is 2.93. The number of unbranched alkanes of at least 4 members (excludes halogenated alkanes) is 1. The molecular weight excluding hydrogens is 255 g/mol. The number of hydrogen-bond acceptors (Lipinski definition) is 2. The van der Waals surface area contributed by atoms with E-state index in [0.717, 1.165) is 13.0 Å². The van der Waals surface area contributed by atoms with E-state index in [0.29, 0.717) is 6.61 Å². The first kappa shape index (κ1) is 12.1. The molecule has 2 nitrogen and oxygen atoms in total. The minimum absolute atomic E-state index is 0.707. The topological polar surface area (TPSA) is 18.5 Å². The zero-order valence-corrected chi connectivity index (χ0v) is 11.0. The second kappa shape index (κ2) is 8.34. The fourth-order valence-corrected chi connectivity index (χ4v) is 2.31. The Morgan fingerprint density at radius 3 is 2.64 bits per heavy atom. The van der Waals surface area contributed by atoms with Crippen molar-refractivity contribution >= 4 is 0 Å². The third-order valence-electron chi connectivity index (χ3n) is 1.80. The van der Waals surface area contributed by atoms with Gasteiger partial charge < -0.3 is 0 Å². The Balaban J connectivity index is 1.99. The van der Waals surface area contributed by atoms with Gasteiger partial charge in [0, 0.05) is 0 Å². The molecule has 0 aliphatic heterocycles. The van der Waals surface area contributed by atoms with Crippen molar-refractivity contribution in [1.82, 2.24) is 0 Å². The monoisotopic (exact) mass is 270 g/mol. The first-order valence-corrected chi connectivity index (χ1v) is 6.96. The zero-order valence-electron chi connectivity index (χ0n) is 8.53. The first-order chi connectivity index (χ1) is 6.93. The van der Waals surface area contributed by atoms with Crippen molar-refractivity contribution in [2.24, 2.45) is 0 Å². The molecule has 0 saturated carbocycles. The fourth-order valence-electron chi connectivity index (χ4n) is 0.987. The van der Waals surface area contributed by atoms with Gasteiger partial charge in [-0.3, -0.25) is 0 Å². The van der Waals surface area contributed by atoms with Crippen molar-refractivity contribution in [2.75, 3.05) is 6.61 Å². The molecule has 0 aliphatic rings. The molecular formula is C11H16O2Zr. The van der Waals surface area contributed by atoms with Crippen molar-refractivity contribution in [3.8, 4) is 0 Å². The molecule has 0 atom stereocenters. The average molecular weight is 271 g/mol. The standard InChI is InChI=1S/C7H7O.C4H9O.Zr/c8-6-7-4-2-1-3-5-7;1-2-3-4-5;/h1-5H,6H2;2-4H2,1H3;/q2*-1;+2. The summed E-state index contributed by atoms with van der Waals surface area (Å²) in [6, 6.07) is 10.2. The molecule has 0 spiro atoms. The van der Waals surface area contributed by atoms with E-state index in [4.69, 9.17) is 5.63 Å². The van der Waals surface area contributed by atoms with Gasteiger partial charge in [0.2, 0.25) is 0 Å². The molecule has 14 heavy (non-hydrogen) atoms. The van der Waals surface area contributed by atoms with Gasteiger partial charge in [0.25, 0.3) is 0 Å². The Kier molecular flexibility index (Phi) is 7.21. The van der Waals surface area contributed by atoms with E-state index in [-0.39, 0.29) is 0 Å². The molecule has 1 rings (SSSR count). The summed E-state index contributed by atoms with van der Waals surface area (Å²) in [6.45, 7) is 3.75. The Hall–Kier alpha value is 0.0231. The van der Waals surface area contributed by atoms with Crippen LogP contribution in [0.2, 0.25) is 0 Å². The second-order valence-electron chi connectivity index (χ2n) is 3.06. The van der Waals surface area contributed by atoms with E-state index in [2.05, 4.69) is 19.1 Å². The van der Waals surface area contributed by atoms with Gasteiger partial charge >= 0.3 is 98.6 Å².